The minimum absolute atomic E-state index is 0.0514. The summed E-state index contributed by atoms with van der Waals surface area (Å²) in [7, 11) is 7.25. The molecule has 0 unspecified atom stereocenters. The Bertz CT molecular complexity index is 1040. The third-order valence-corrected chi connectivity index (χ3v) is 4.68. The van der Waals surface area contributed by atoms with Crippen molar-refractivity contribution in [2.24, 2.45) is 0 Å². The molecule has 2 aromatic carbocycles. The third-order valence-electron chi connectivity index (χ3n) is 4.68. The number of methoxy groups -OCH3 is 5. The molecule has 0 saturated heterocycles. The lowest BCUT2D eigenvalue weighted by Gasteiger charge is -2.13. The van der Waals surface area contributed by atoms with E-state index in [4.69, 9.17) is 18.9 Å². The highest BCUT2D eigenvalue weighted by Gasteiger charge is 2.13. The van der Waals surface area contributed by atoms with Crippen molar-refractivity contribution < 1.29 is 38.1 Å². The summed E-state index contributed by atoms with van der Waals surface area (Å²) >= 11 is 0. The summed E-state index contributed by atoms with van der Waals surface area (Å²) in [5.41, 5.74) is 1.33. The first-order chi connectivity index (χ1) is 16.3. The number of carbonyl (C=O) groups excluding carboxylic acids is 3. The fraction of sp³-hybridized carbons (Fsp3) is 0.292. The van der Waals surface area contributed by atoms with Crippen LogP contribution < -0.4 is 29.6 Å². The number of ether oxygens (including phenoxy) is 5. The molecular weight excluding hydrogens is 444 g/mol. The first kappa shape index (κ1) is 26.0. The van der Waals surface area contributed by atoms with Gasteiger partial charge in [0, 0.05) is 30.3 Å². The number of nitrogens with one attached hydrogen (secondary N) is 2. The van der Waals surface area contributed by atoms with Crippen LogP contribution in [0.3, 0.4) is 0 Å². The molecule has 0 aliphatic heterocycles. The summed E-state index contributed by atoms with van der Waals surface area (Å²) in [5, 5.41) is 5.39. The fourth-order valence-electron chi connectivity index (χ4n) is 2.95. The average Bonchev–Trinajstić information content (AvgIpc) is 2.85. The molecular formula is C24H28N2O8. The summed E-state index contributed by atoms with van der Waals surface area (Å²) in [4.78, 5) is 35.9. The standard InChI is InChI=1S/C24H28N2O8/c1-30-16-13-20(32-3)17(21(14-16)33-4)7-9-22(27)25-15-6-8-19(31-2)18(12-15)26-23(28)10-11-24(29)34-5/h6-9,12-14H,10-11H2,1-5H3,(H,25,27)(H,26,28). The number of benzene rings is 2. The Morgan fingerprint density at radius 3 is 2.00 bits per heavy atom. The first-order valence-corrected chi connectivity index (χ1v) is 10.2. The predicted octanol–water partition coefficient (Wildman–Crippen LogP) is 3.26. The van der Waals surface area contributed by atoms with Gasteiger partial charge in [0.25, 0.3) is 0 Å². The van der Waals surface area contributed by atoms with E-state index < -0.39 is 17.8 Å². The molecule has 2 amide bonds. The zero-order valence-electron chi connectivity index (χ0n) is 19.7. The molecule has 0 aromatic heterocycles. The SMILES string of the molecule is COC(=O)CCC(=O)Nc1cc(NC(=O)C=Cc2c(OC)cc(OC)cc2OC)ccc1OC. The van der Waals surface area contributed by atoms with Gasteiger partial charge in [0.2, 0.25) is 11.8 Å². The second-order valence-corrected chi connectivity index (χ2v) is 6.81. The molecule has 0 saturated carbocycles. The smallest absolute Gasteiger partial charge is 0.306 e. The van der Waals surface area contributed by atoms with Crippen LogP contribution in [-0.4, -0.2) is 53.3 Å². The second-order valence-electron chi connectivity index (χ2n) is 6.81. The van der Waals surface area contributed by atoms with E-state index in [0.717, 1.165) is 0 Å². The lowest BCUT2D eigenvalue weighted by atomic mass is 10.1. The Morgan fingerprint density at radius 2 is 1.44 bits per heavy atom. The summed E-state index contributed by atoms with van der Waals surface area (Å²) < 4.78 is 25.8. The molecule has 182 valence electrons. The topological polar surface area (TPSA) is 121 Å². The summed E-state index contributed by atoms with van der Waals surface area (Å²) in [6.07, 6.45) is 2.78. The van der Waals surface area contributed by atoms with Crippen LogP contribution >= 0.6 is 0 Å². The van der Waals surface area contributed by atoms with Crippen molar-refractivity contribution in [1.82, 2.24) is 0 Å². The van der Waals surface area contributed by atoms with E-state index >= 15 is 0 Å². The van der Waals surface area contributed by atoms with Gasteiger partial charge in [-0.2, -0.15) is 0 Å². The van der Waals surface area contributed by atoms with Crippen molar-refractivity contribution >= 4 is 35.2 Å². The summed E-state index contributed by atoms with van der Waals surface area (Å²) in [5.74, 6) is 0.588. The van der Waals surface area contributed by atoms with E-state index in [1.54, 1.807) is 36.4 Å². The van der Waals surface area contributed by atoms with Crippen molar-refractivity contribution in [2.45, 2.75) is 12.8 Å². The second kappa shape index (κ2) is 12.7. The van der Waals surface area contributed by atoms with Crippen molar-refractivity contribution in [3.05, 3.63) is 42.0 Å². The Morgan fingerprint density at radius 1 is 0.794 bits per heavy atom. The van der Waals surface area contributed by atoms with E-state index in [0.29, 0.717) is 39.9 Å². The molecule has 2 aromatic rings. The van der Waals surface area contributed by atoms with E-state index in [1.807, 2.05) is 0 Å². The molecule has 0 bridgehead atoms. The number of hydrogen-bond donors (Lipinski definition) is 2. The lowest BCUT2D eigenvalue weighted by molar-refractivity contribution is -0.141. The van der Waals surface area contributed by atoms with Gasteiger partial charge >= 0.3 is 5.97 Å². The van der Waals surface area contributed by atoms with Crippen LogP contribution in [0, 0.1) is 0 Å². The van der Waals surface area contributed by atoms with Crippen LogP contribution in [0.2, 0.25) is 0 Å². The molecule has 0 atom stereocenters. The van der Waals surface area contributed by atoms with E-state index in [9.17, 15) is 14.4 Å². The minimum atomic E-state index is -0.486. The molecule has 0 radical (unpaired) electrons. The van der Waals surface area contributed by atoms with Gasteiger partial charge in [0.05, 0.1) is 53.2 Å². The molecule has 2 rings (SSSR count). The Labute approximate surface area is 197 Å². The number of rotatable bonds is 11. The van der Waals surface area contributed by atoms with Gasteiger partial charge in [0.1, 0.15) is 23.0 Å². The predicted molar refractivity (Wildman–Crippen MR) is 127 cm³/mol. The van der Waals surface area contributed by atoms with Crippen molar-refractivity contribution in [3.8, 4) is 23.0 Å². The van der Waals surface area contributed by atoms with Crippen LogP contribution in [-0.2, 0) is 19.1 Å². The Hall–Kier alpha value is -4.21. The molecule has 0 aliphatic carbocycles. The molecule has 34 heavy (non-hydrogen) atoms. The van der Waals surface area contributed by atoms with Gasteiger partial charge in [-0.25, -0.2) is 0 Å². The largest absolute Gasteiger partial charge is 0.496 e. The highest BCUT2D eigenvalue weighted by Crippen LogP contribution is 2.35. The van der Waals surface area contributed by atoms with Crippen molar-refractivity contribution in [1.29, 1.82) is 0 Å². The first-order valence-electron chi connectivity index (χ1n) is 10.2. The Balaban J connectivity index is 2.16. The van der Waals surface area contributed by atoms with Crippen LogP contribution in [0.1, 0.15) is 18.4 Å². The van der Waals surface area contributed by atoms with Crippen LogP contribution in [0.4, 0.5) is 11.4 Å². The fourth-order valence-corrected chi connectivity index (χ4v) is 2.95. The number of hydrogen-bond acceptors (Lipinski definition) is 8. The average molecular weight is 472 g/mol. The normalized spacial score (nSPS) is 10.4. The number of anilines is 2. The van der Waals surface area contributed by atoms with Gasteiger partial charge < -0.3 is 34.3 Å². The molecule has 2 N–H and O–H groups in total. The zero-order chi connectivity index (χ0) is 25.1. The van der Waals surface area contributed by atoms with Crippen molar-refractivity contribution in [2.75, 3.05) is 46.2 Å². The highest BCUT2D eigenvalue weighted by atomic mass is 16.5. The minimum Gasteiger partial charge on any atom is -0.496 e. The molecule has 10 heteroatoms. The van der Waals surface area contributed by atoms with E-state index in [1.165, 1.54) is 41.6 Å². The van der Waals surface area contributed by atoms with Gasteiger partial charge in [-0.3, -0.25) is 14.4 Å². The summed E-state index contributed by atoms with van der Waals surface area (Å²) in [6, 6.07) is 8.14. The maximum atomic E-state index is 12.5. The van der Waals surface area contributed by atoms with E-state index in [-0.39, 0.29) is 12.8 Å². The third kappa shape index (κ3) is 7.16. The molecule has 0 aliphatic rings. The lowest BCUT2D eigenvalue weighted by Crippen LogP contribution is -2.15. The monoisotopic (exact) mass is 472 g/mol. The molecule has 0 heterocycles. The maximum Gasteiger partial charge on any atom is 0.306 e. The number of amides is 2. The number of carbonyl (C=O) groups is 3. The molecule has 10 nitrogen and oxygen atoms in total. The maximum absolute atomic E-state index is 12.5. The summed E-state index contributed by atoms with van der Waals surface area (Å²) in [6.45, 7) is 0. The molecule has 0 fully saturated rings. The number of esters is 1. The van der Waals surface area contributed by atoms with Crippen LogP contribution in [0.25, 0.3) is 6.08 Å². The van der Waals surface area contributed by atoms with Gasteiger partial charge in [-0.1, -0.05) is 0 Å². The molecule has 0 spiro atoms. The Kier molecular flexibility index (Phi) is 9.75. The highest BCUT2D eigenvalue weighted by molar-refractivity contribution is 6.03. The van der Waals surface area contributed by atoms with E-state index in [2.05, 4.69) is 15.4 Å². The van der Waals surface area contributed by atoms with Gasteiger partial charge in [-0.05, 0) is 24.3 Å². The van der Waals surface area contributed by atoms with Crippen molar-refractivity contribution in [3.63, 3.8) is 0 Å². The quantitative estimate of drug-likeness (QED) is 0.378. The zero-order valence-corrected chi connectivity index (χ0v) is 19.7. The van der Waals surface area contributed by atoms with Crippen LogP contribution in [0.5, 0.6) is 23.0 Å². The van der Waals surface area contributed by atoms with Gasteiger partial charge in [0.15, 0.2) is 0 Å². The van der Waals surface area contributed by atoms with Gasteiger partial charge in [-0.15, -0.1) is 0 Å². The van der Waals surface area contributed by atoms with Crippen LogP contribution in [0.15, 0.2) is 36.4 Å².